The lowest BCUT2D eigenvalue weighted by atomic mass is 10.1. The Labute approximate surface area is 183 Å². The molecule has 0 radical (unpaired) electrons. The third kappa shape index (κ3) is 4.79. The topological polar surface area (TPSA) is 69.7 Å². The molecule has 6 heteroatoms. The Morgan fingerprint density at radius 2 is 1.77 bits per heavy atom. The molecule has 0 aromatic heterocycles. The van der Waals surface area contributed by atoms with E-state index < -0.39 is 0 Å². The molecule has 162 valence electrons. The zero-order valence-electron chi connectivity index (χ0n) is 18.2. The largest absolute Gasteiger partial charge is 0.352 e. The lowest BCUT2D eigenvalue weighted by Crippen LogP contribution is -2.32. The van der Waals surface area contributed by atoms with Crippen molar-refractivity contribution in [3.63, 3.8) is 0 Å². The summed E-state index contributed by atoms with van der Waals surface area (Å²) < 4.78 is 0. The summed E-state index contributed by atoms with van der Waals surface area (Å²) in [6.45, 7) is 6.33. The predicted molar refractivity (Wildman–Crippen MR) is 119 cm³/mol. The number of anilines is 1. The summed E-state index contributed by atoms with van der Waals surface area (Å²) in [5, 5.41) is 2.97. The van der Waals surface area contributed by atoms with Crippen LogP contribution in [-0.4, -0.2) is 35.7 Å². The number of carbonyl (C=O) groups excluding carboxylic acids is 3. The molecule has 2 fully saturated rings. The first-order valence-corrected chi connectivity index (χ1v) is 10.9. The molecule has 0 spiro atoms. The van der Waals surface area contributed by atoms with Crippen LogP contribution in [-0.2, 0) is 27.5 Å². The van der Waals surface area contributed by atoms with Crippen LogP contribution in [0.25, 0.3) is 0 Å². The van der Waals surface area contributed by atoms with E-state index in [9.17, 15) is 14.4 Å². The van der Waals surface area contributed by atoms with Crippen LogP contribution in [0.5, 0.6) is 0 Å². The number of benzene rings is 2. The molecule has 1 N–H and O–H groups in total. The Morgan fingerprint density at radius 3 is 2.45 bits per heavy atom. The van der Waals surface area contributed by atoms with Crippen molar-refractivity contribution >= 4 is 23.4 Å². The van der Waals surface area contributed by atoms with Crippen molar-refractivity contribution in [2.75, 3.05) is 18.0 Å². The zero-order chi connectivity index (χ0) is 22.0. The SMILES string of the molecule is Cc1ccc(N2CC(C(=O)NCc3ccc(CN4CCCC4=O)cc3)CC2=O)c(C)c1. The molecule has 0 saturated carbocycles. The molecule has 31 heavy (non-hydrogen) atoms. The van der Waals surface area contributed by atoms with Gasteiger partial charge in [-0.25, -0.2) is 0 Å². The molecule has 0 bridgehead atoms. The highest BCUT2D eigenvalue weighted by atomic mass is 16.2. The van der Waals surface area contributed by atoms with Crippen LogP contribution in [0.3, 0.4) is 0 Å². The van der Waals surface area contributed by atoms with Gasteiger partial charge < -0.3 is 15.1 Å². The average molecular weight is 420 g/mol. The molecule has 1 unspecified atom stereocenters. The van der Waals surface area contributed by atoms with E-state index in [2.05, 4.69) is 11.4 Å². The number of likely N-dealkylation sites (tertiary alicyclic amines) is 1. The van der Waals surface area contributed by atoms with Gasteiger partial charge >= 0.3 is 0 Å². The maximum Gasteiger partial charge on any atom is 0.227 e. The first-order chi connectivity index (χ1) is 14.9. The van der Waals surface area contributed by atoms with Crippen LogP contribution in [0.2, 0.25) is 0 Å². The number of nitrogens with zero attached hydrogens (tertiary/aromatic N) is 2. The number of nitrogens with one attached hydrogen (secondary N) is 1. The van der Waals surface area contributed by atoms with Gasteiger partial charge in [0, 0.05) is 44.7 Å². The molecule has 1 atom stereocenters. The number of aryl methyl sites for hydroxylation is 2. The minimum atomic E-state index is -0.339. The fourth-order valence-corrected chi connectivity index (χ4v) is 4.41. The van der Waals surface area contributed by atoms with Crippen molar-refractivity contribution in [2.24, 2.45) is 5.92 Å². The van der Waals surface area contributed by atoms with Crippen molar-refractivity contribution in [2.45, 2.75) is 46.2 Å². The highest BCUT2D eigenvalue weighted by Gasteiger charge is 2.35. The van der Waals surface area contributed by atoms with Gasteiger partial charge in [-0.05, 0) is 43.0 Å². The van der Waals surface area contributed by atoms with E-state index in [4.69, 9.17) is 0 Å². The number of hydrogen-bond acceptors (Lipinski definition) is 3. The molecule has 2 aliphatic heterocycles. The molecular weight excluding hydrogens is 390 g/mol. The number of carbonyl (C=O) groups is 3. The van der Waals surface area contributed by atoms with Crippen LogP contribution in [0.15, 0.2) is 42.5 Å². The Bertz CT molecular complexity index is 1000. The van der Waals surface area contributed by atoms with Crippen molar-refractivity contribution in [1.29, 1.82) is 0 Å². The van der Waals surface area contributed by atoms with Crippen LogP contribution in [0.1, 0.15) is 41.5 Å². The summed E-state index contributed by atoms with van der Waals surface area (Å²) in [4.78, 5) is 40.6. The standard InChI is InChI=1S/C25H29N3O3/c1-17-5-10-22(18(2)12-17)28-16-21(13-24(28)30)25(31)26-14-19-6-8-20(9-7-19)15-27-11-3-4-23(27)29/h5-10,12,21H,3-4,11,13-16H2,1-2H3,(H,26,31). The maximum absolute atomic E-state index is 12.7. The van der Waals surface area contributed by atoms with Gasteiger partial charge in [-0.2, -0.15) is 0 Å². The lowest BCUT2D eigenvalue weighted by Gasteiger charge is -2.19. The highest BCUT2D eigenvalue weighted by molar-refractivity contribution is 6.00. The molecule has 2 saturated heterocycles. The minimum Gasteiger partial charge on any atom is -0.352 e. The van der Waals surface area contributed by atoms with Crippen molar-refractivity contribution < 1.29 is 14.4 Å². The van der Waals surface area contributed by atoms with Gasteiger partial charge in [-0.1, -0.05) is 42.0 Å². The normalized spacial score (nSPS) is 18.7. The highest BCUT2D eigenvalue weighted by Crippen LogP contribution is 2.28. The van der Waals surface area contributed by atoms with Gasteiger partial charge in [-0.15, -0.1) is 0 Å². The summed E-state index contributed by atoms with van der Waals surface area (Å²) in [7, 11) is 0. The molecule has 2 aliphatic rings. The molecule has 6 nitrogen and oxygen atoms in total. The molecule has 2 aromatic carbocycles. The van der Waals surface area contributed by atoms with Crippen LogP contribution < -0.4 is 10.2 Å². The zero-order valence-corrected chi connectivity index (χ0v) is 18.2. The Morgan fingerprint density at radius 1 is 1.03 bits per heavy atom. The van der Waals surface area contributed by atoms with Gasteiger partial charge in [0.05, 0.1) is 5.92 Å². The fourth-order valence-electron chi connectivity index (χ4n) is 4.41. The molecule has 2 aromatic rings. The monoisotopic (exact) mass is 419 g/mol. The van der Waals surface area contributed by atoms with Crippen molar-refractivity contribution in [3.8, 4) is 0 Å². The van der Waals surface area contributed by atoms with Crippen molar-refractivity contribution in [3.05, 3.63) is 64.7 Å². The third-order valence-corrected chi connectivity index (χ3v) is 6.17. The van der Waals surface area contributed by atoms with E-state index in [0.717, 1.165) is 40.9 Å². The summed E-state index contributed by atoms with van der Waals surface area (Å²) in [6, 6.07) is 14.0. The Hall–Kier alpha value is -3.15. The molecule has 4 rings (SSSR count). The summed E-state index contributed by atoms with van der Waals surface area (Å²) in [6.07, 6.45) is 1.82. The van der Waals surface area contributed by atoms with E-state index in [0.29, 0.717) is 26.1 Å². The minimum absolute atomic E-state index is 0.00656. The second kappa shape index (κ2) is 8.92. The summed E-state index contributed by atoms with van der Waals surface area (Å²) >= 11 is 0. The summed E-state index contributed by atoms with van der Waals surface area (Å²) in [5.74, 6) is -0.216. The van der Waals surface area contributed by atoms with E-state index in [1.165, 1.54) is 0 Å². The molecule has 3 amide bonds. The Kier molecular flexibility index (Phi) is 6.07. The van der Waals surface area contributed by atoms with Gasteiger partial charge in [-0.3, -0.25) is 14.4 Å². The van der Waals surface area contributed by atoms with E-state index in [1.807, 2.05) is 55.1 Å². The van der Waals surface area contributed by atoms with Gasteiger partial charge in [0.25, 0.3) is 0 Å². The van der Waals surface area contributed by atoms with E-state index >= 15 is 0 Å². The molecule has 2 heterocycles. The molecule has 0 aliphatic carbocycles. The Balaban J connectivity index is 1.30. The lowest BCUT2D eigenvalue weighted by molar-refractivity contribution is -0.128. The number of amides is 3. The average Bonchev–Trinajstić information content (AvgIpc) is 3.33. The first-order valence-electron chi connectivity index (χ1n) is 10.9. The molecular formula is C25H29N3O3. The van der Waals surface area contributed by atoms with Crippen LogP contribution in [0, 0.1) is 19.8 Å². The van der Waals surface area contributed by atoms with Gasteiger partial charge in [0.15, 0.2) is 0 Å². The maximum atomic E-state index is 12.7. The number of rotatable bonds is 6. The third-order valence-electron chi connectivity index (χ3n) is 6.17. The quantitative estimate of drug-likeness (QED) is 0.782. The number of hydrogen-bond donors (Lipinski definition) is 1. The van der Waals surface area contributed by atoms with Crippen LogP contribution >= 0.6 is 0 Å². The smallest absolute Gasteiger partial charge is 0.227 e. The second-order valence-electron chi connectivity index (χ2n) is 8.65. The second-order valence-corrected chi connectivity index (χ2v) is 8.65. The summed E-state index contributed by atoms with van der Waals surface area (Å²) in [5.41, 5.74) is 5.18. The van der Waals surface area contributed by atoms with Crippen LogP contribution in [0.4, 0.5) is 5.69 Å². The fraction of sp³-hybridized carbons (Fsp3) is 0.400. The van der Waals surface area contributed by atoms with E-state index in [-0.39, 0.29) is 30.1 Å². The predicted octanol–water partition coefficient (Wildman–Crippen LogP) is 3.10. The van der Waals surface area contributed by atoms with Gasteiger partial charge in [0.2, 0.25) is 17.7 Å². The first kappa shape index (κ1) is 21.1. The van der Waals surface area contributed by atoms with Crippen molar-refractivity contribution in [1.82, 2.24) is 10.2 Å². The van der Waals surface area contributed by atoms with Gasteiger partial charge in [0.1, 0.15) is 0 Å². The van der Waals surface area contributed by atoms with E-state index in [1.54, 1.807) is 4.90 Å².